The minimum Gasteiger partial charge on any atom is -0.482 e. The molecule has 2 heterocycles. The van der Waals surface area contributed by atoms with Gasteiger partial charge in [0.2, 0.25) is 0 Å². The topological polar surface area (TPSA) is 108 Å². The van der Waals surface area contributed by atoms with Gasteiger partial charge in [0.1, 0.15) is 12.2 Å². The van der Waals surface area contributed by atoms with Gasteiger partial charge >= 0.3 is 0 Å². The highest BCUT2D eigenvalue weighted by atomic mass is 35.5. The molecule has 0 saturated carbocycles. The molecule has 0 fully saturated rings. The molecule has 2 unspecified atom stereocenters. The summed E-state index contributed by atoms with van der Waals surface area (Å²) in [4.78, 5) is 23.6. The van der Waals surface area contributed by atoms with Crippen LogP contribution in [-0.4, -0.2) is 31.3 Å². The number of aryl methyl sites for hydroxylation is 2. The van der Waals surface area contributed by atoms with Crippen LogP contribution in [0, 0.1) is 0 Å². The molecule has 2 aromatic carbocycles. The van der Waals surface area contributed by atoms with Crippen molar-refractivity contribution in [1.82, 2.24) is 19.6 Å². The van der Waals surface area contributed by atoms with E-state index in [1.165, 1.54) is 35.3 Å². The number of hydrogen-bond donors (Lipinski definition) is 1. The molecule has 248 valence electrons. The first-order valence-corrected chi connectivity index (χ1v) is 15.8. The van der Waals surface area contributed by atoms with Gasteiger partial charge in [0.05, 0.1) is 19.0 Å². The van der Waals surface area contributed by atoms with E-state index in [2.05, 4.69) is 76.0 Å². The lowest BCUT2D eigenvalue weighted by molar-refractivity contribution is 0.115. The first-order valence-electron chi connectivity index (χ1n) is 15.1. The van der Waals surface area contributed by atoms with Crippen LogP contribution in [0.5, 0.6) is 11.5 Å². The van der Waals surface area contributed by atoms with Gasteiger partial charge in [-0.25, -0.2) is 9.36 Å². The van der Waals surface area contributed by atoms with Gasteiger partial charge in [-0.3, -0.25) is 9.59 Å². The number of rotatable bonds is 8. The third kappa shape index (κ3) is 9.21. The number of benzene rings is 2. The molecule has 1 N–H and O–H groups in total. The molecule has 11 heteroatoms. The van der Waals surface area contributed by atoms with E-state index in [9.17, 15) is 14.7 Å². The van der Waals surface area contributed by atoms with Gasteiger partial charge < -0.3 is 14.6 Å². The summed E-state index contributed by atoms with van der Waals surface area (Å²) in [5, 5.41) is 17.5. The fourth-order valence-corrected chi connectivity index (χ4v) is 4.89. The maximum Gasteiger partial charge on any atom is 0.289 e. The van der Waals surface area contributed by atoms with E-state index < -0.39 is 11.7 Å². The molecule has 0 saturated heterocycles. The lowest BCUT2D eigenvalue weighted by atomic mass is 9.86. The number of aliphatic hydroxyl groups is 1. The molecule has 2 atom stereocenters. The monoisotopic (exact) mass is 670 g/mol. The van der Waals surface area contributed by atoms with Crippen LogP contribution >= 0.6 is 23.2 Å². The van der Waals surface area contributed by atoms with Crippen molar-refractivity contribution >= 4 is 23.2 Å². The Labute approximate surface area is 280 Å². The fourth-order valence-electron chi connectivity index (χ4n) is 4.46. The van der Waals surface area contributed by atoms with Crippen molar-refractivity contribution in [2.75, 3.05) is 6.61 Å². The largest absolute Gasteiger partial charge is 0.482 e. The lowest BCUT2D eigenvalue weighted by Gasteiger charge is -2.22. The summed E-state index contributed by atoms with van der Waals surface area (Å²) < 4.78 is 13.9. The predicted molar refractivity (Wildman–Crippen MR) is 183 cm³/mol. The van der Waals surface area contributed by atoms with Gasteiger partial charge in [-0.15, -0.1) is 0 Å². The van der Waals surface area contributed by atoms with Crippen molar-refractivity contribution in [2.45, 2.75) is 77.9 Å². The number of aromatic nitrogens is 4. The minimum atomic E-state index is -0.615. The molecule has 2 aromatic heterocycles. The highest BCUT2D eigenvalue weighted by Gasteiger charge is 2.20. The smallest absolute Gasteiger partial charge is 0.289 e. The molecular formula is C35H44Cl2N4O5. The number of nitrogens with zero attached hydrogens (tertiary/aromatic N) is 4. The van der Waals surface area contributed by atoms with Crippen molar-refractivity contribution in [3.8, 4) is 11.5 Å². The number of aliphatic hydroxyl groups excluding tert-OH is 1. The number of ether oxygens (including phenoxy) is 2. The first-order chi connectivity index (χ1) is 21.5. The average molecular weight is 672 g/mol. The summed E-state index contributed by atoms with van der Waals surface area (Å²) in [6, 6.07) is 16.2. The summed E-state index contributed by atoms with van der Waals surface area (Å²) in [5.74, 6) is 0.482. The third-order valence-electron chi connectivity index (χ3n) is 7.46. The summed E-state index contributed by atoms with van der Waals surface area (Å²) in [7, 11) is 3.06. The second-order valence-electron chi connectivity index (χ2n) is 13.1. The lowest BCUT2D eigenvalue weighted by Crippen LogP contribution is -2.21. The summed E-state index contributed by atoms with van der Waals surface area (Å²) in [6.07, 6.45) is 2.83. The molecule has 0 spiro atoms. The van der Waals surface area contributed by atoms with E-state index in [1.807, 2.05) is 31.2 Å². The molecule has 0 aliphatic rings. The van der Waals surface area contributed by atoms with Crippen LogP contribution in [0.3, 0.4) is 0 Å². The highest BCUT2D eigenvalue weighted by molar-refractivity contribution is 6.32. The van der Waals surface area contributed by atoms with Gasteiger partial charge in [-0.2, -0.15) is 10.2 Å². The molecule has 46 heavy (non-hydrogen) atoms. The van der Waals surface area contributed by atoms with E-state index in [1.54, 1.807) is 7.05 Å². The van der Waals surface area contributed by atoms with Gasteiger partial charge in [0, 0.05) is 14.1 Å². The zero-order valence-corrected chi connectivity index (χ0v) is 29.5. The van der Waals surface area contributed by atoms with Gasteiger partial charge in [-0.05, 0) is 39.5 Å². The van der Waals surface area contributed by atoms with Crippen molar-refractivity contribution in [1.29, 1.82) is 0 Å². The van der Waals surface area contributed by atoms with Crippen molar-refractivity contribution in [3.05, 3.63) is 114 Å². The molecule has 0 aliphatic carbocycles. The van der Waals surface area contributed by atoms with Crippen molar-refractivity contribution < 1.29 is 14.6 Å². The van der Waals surface area contributed by atoms with Crippen molar-refractivity contribution in [2.24, 2.45) is 14.1 Å². The summed E-state index contributed by atoms with van der Waals surface area (Å²) in [6.45, 7) is 14.7. The Morgan fingerprint density at radius 1 is 0.696 bits per heavy atom. The molecule has 9 nitrogen and oxygen atoms in total. The summed E-state index contributed by atoms with van der Waals surface area (Å²) in [5.41, 5.74) is 3.67. The predicted octanol–water partition coefficient (Wildman–Crippen LogP) is 7.10. The Bertz CT molecular complexity index is 1590. The Morgan fingerprint density at radius 2 is 1.04 bits per heavy atom. The number of halogens is 2. The first kappa shape index (κ1) is 36.8. The fraction of sp³-hybridized carbons (Fsp3) is 0.429. The molecular weight excluding hydrogens is 627 g/mol. The zero-order valence-electron chi connectivity index (χ0n) is 28.0. The molecule has 0 aliphatic heterocycles. The van der Waals surface area contributed by atoms with Gasteiger partial charge in [0.25, 0.3) is 11.1 Å². The van der Waals surface area contributed by atoms with E-state index in [-0.39, 0.29) is 44.9 Å². The quantitative estimate of drug-likeness (QED) is 0.213. The maximum absolute atomic E-state index is 11.8. The molecule has 0 bridgehead atoms. The van der Waals surface area contributed by atoms with E-state index in [4.69, 9.17) is 32.7 Å². The molecule has 0 amide bonds. The Kier molecular flexibility index (Phi) is 12.2. The van der Waals surface area contributed by atoms with Crippen LogP contribution in [-0.2, 0) is 24.9 Å². The van der Waals surface area contributed by atoms with E-state index >= 15 is 0 Å². The van der Waals surface area contributed by atoms with Crippen LogP contribution in [0.25, 0.3) is 0 Å². The standard InChI is InChI=1S/C18H23ClN2O2.C17H21ClN2O3/c1-6-14(12-7-9-13(10-8-12)18(2,3)4)23-15-11-20-21(5)17(22)16(15)19;1-17(2,3)12-7-5-11(6-8-12)14(10-21)23-13-9-19-20(4)16(22)15(13)18/h7-11,14H,6H2,1-5H3;5-9,14,21H,10H2,1-4H3. The van der Waals surface area contributed by atoms with Crippen LogP contribution in [0.1, 0.15) is 89.3 Å². The average Bonchev–Trinajstić information content (AvgIpc) is 3.02. The zero-order chi connectivity index (χ0) is 34.4. The van der Waals surface area contributed by atoms with E-state index in [0.29, 0.717) is 5.75 Å². The molecule has 0 radical (unpaired) electrons. The number of hydrogen-bond acceptors (Lipinski definition) is 7. The van der Waals surface area contributed by atoms with Gasteiger partial charge in [0.15, 0.2) is 21.5 Å². The highest BCUT2D eigenvalue weighted by Crippen LogP contribution is 2.31. The molecule has 4 rings (SSSR count). The summed E-state index contributed by atoms with van der Waals surface area (Å²) >= 11 is 12.1. The normalized spacial score (nSPS) is 13.0. The SMILES string of the molecule is CCC(Oc1cnn(C)c(=O)c1Cl)c1ccc(C(C)(C)C)cc1.Cn1ncc(OC(CO)c2ccc(C(C)(C)C)cc2)c(Cl)c1=O. The second kappa shape index (κ2) is 15.3. The van der Waals surface area contributed by atoms with Crippen LogP contribution in [0.4, 0.5) is 0 Å². The van der Waals surface area contributed by atoms with E-state index in [0.717, 1.165) is 22.2 Å². The minimum absolute atomic E-state index is 0.0486. The van der Waals surface area contributed by atoms with Gasteiger partial charge in [-0.1, -0.05) is 120 Å². The van der Waals surface area contributed by atoms with Crippen LogP contribution < -0.4 is 20.6 Å². The van der Waals surface area contributed by atoms with Crippen molar-refractivity contribution in [3.63, 3.8) is 0 Å². The Morgan fingerprint density at radius 3 is 1.37 bits per heavy atom. The van der Waals surface area contributed by atoms with Crippen LogP contribution in [0.15, 0.2) is 70.5 Å². The van der Waals surface area contributed by atoms with Crippen LogP contribution in [0.2, 0.25) is 10.0 Å². The Balaban J connectivity index is 0.000000250. The molecule has 4 aromatic rings. The third-order valence-corrected chi connectivity index (χ3v) is 8.16. The Hall–Kier alpha value is -3.66. The maximum atomic E-state index is 11.8. The second-order valence-corrected chi connectivity index (χ2v) is 13.8.